The van der Waals surface area contributed by atoms with Crippen LogP contribution in [0, 0.1) is 19.7 Å². The summed E-state index contributed by atoms with van der Waals surface area (Å²) in [5.41, 5.74) is 2.37. The molecule has 2 atom stereocenters. The first-order valence-electron chi connectivity index (χ1n) is 11.9. The van der Waals surface area contributed by atoms with E-state index in [1.807, 2.05) is 19.1 Å². The maximum absolute atomic E-state index is 13.8. The Labute approximate surface area is 230 Å². The lowest BCUT2D eigenvalue weighted by atomic mass is 9.99. The van der Waals surface area contributed by atoms with Crippen LogP contribution in [-0.2, 0) is 23.8 Å². The Balaban J connectivity index is 1.93. The fraction of sp³-hybridized carbons (Fsp3) is 0.241. The van der Waals surface area contributed by atoms with Crippen molar-refractivity contribution in [3.8, 4) is 0 Å². The SMILES string of the molecule is CC(=O)OC(C)C(=O)OC(C)OC(=O)N(c1ccc(C(=O)c2ccccc2C)c(Cl)c1)c1ccc(F)cc1C. The molecule has 0 heterocycles. The number of amides is 1. The van der Waals surface area contributed by atoms with E-state index in [2.05, 4.69) is 0 Å². The Morgan fingerprint density at radius 1 is 0.846 bits per heavy atom. The first-order valence-corrected chi connectivity index (χ1v) is 12.3. The number of aryl methyl sites for hydroxylation is 2. The Bertz CT molecular complexity index is 1420. The van der Waals surface area contributed by atoms with E-state index < -0.39 is 36.2 Å². The number of anilines is 2. The second-order valence-corrected chi connectivity index (χ2v) is 9.12. The van der Waals surface area contributed by atoms with Crippen LogP contribution < -0.4 is 4.90 Å². The molecule has 0 fully saturated rings. The van der Waals surface area contributed by atoms with Gasteiger partial charge in [0, 0.05) is 25.0 Å². The monoisotopic (exact) mass is 555 g/mol. The molecule has 0 aliphatic carbocycles. The van der Waals surface area contributed by atoms with Gasteiger partial charge in [0.1, 0.15) is 5.82 Å². The highest BCUT2D eigenvalue weighted by molar-refractivity contribution is 6.35. The summed E-state index contributed by atoms with van der Waals surface area (Å²) in [6.45, 7) is 7.17. The minimum absolute atomic E-state index is 0.0769. The lowest BCUT2D eigenvalue weighted by Crippen LogP contribution is -2.34. The molecular weight excluding hydrogens is 529 g/mol. The average molecular weight is 556 g/mol. The highest BCUT2D eigenvalue weighted by Crippen LogP contribution is 2.34. The Morgan fingerprint density at radius 3 is 2.15 bits per heavy atom. The predicted molar refractivity (Wildman–Crippen MR) is 143 cm³/mol. The second kappa shape index (κ2) is 12.5. The fourth-order valence-electron chi connectivity index (χ4n) is 3.79. The van der Waals surface area contributed by atoms with Crippen LogP contribution in [-0.4, -0.2) is 36.2 Å². The fourth-order valence-corrected chi connectivity index (χ4v) is 4.05. The van der Waals surface area contributed by atoms with Gasteiger partial charge in [-0.1, -0.05) is 35.9 Å². The molecule has 0 radical (unpaired) electrons. The van der Waals surface area contributed by atoms with Crippen molar-refractivity contribution < 1.29 is 37.8 Å². The van der Waals surface area contributed by atoms with E-state index in [-0.39, 0.29) is 27.7 Å². The van der Waals surface area contributed by atoms with Gasteiger partial charge in [0.2, 0.25) is 6.29 Å². The number of ketones is 1. The summed E-state index contributed by atoms with van der Waals surface area (Å²) in [5.74, 6) is -2.40. The molecule has 0 aliphatic rings. The molecule has 3 aromatic rings. The molecule has 3 aromatic carbocycles. The molecule has 0 spiro atoms. The van der Waals surface area contributed by atoms with Crippen molar-refractivity contribution in [1.82, 2.24) is 0 Å². The summed E-state index contributed by atoms with van der Waals surface area (Å²) in [4.78, 5) is 50.8. The van der Waals surface area contributed by atoms with E-state index in [0.717, 1.165) is 17.4 Å². The summed E-state index contributed by atoms with van der Waals surface area (Å²) >= 11 is 6.51. The van der Waals surface area contributed by atoms with Crippen molar-refractivity contribution in [2.45, 2.75) is 47.0 Å². The minimum Gasteiger partial charge on any atom is -0.451 e. The molecule has 10 heteroatoms. The van der Waals surface area contributed by atoms with E-state index in [0.29, 0.717) is 11.1 Å². The van der Waals surface area contributed by atoms with Gasteiger partial charge in [0.25, 0.3) is 0 Å². The molecule has 0 saturated carbocycles. The summed E-state index contributed by atoms with van der Waals surface area (Å²) in [6, 6.07) is 15.3. The zero-order valence-electron chi connectivity index (χ0n) is 22.0. The van der Waals surface area contributed by atoms with Gasteiger partial charge < -0.3 is 14.2 Å². The minimum atomic E-state index is -1.37. The largest absolute Gasteiger partial charge is 0.451 e. The van der Waals surface area contributed by atoms with E-state index in [1.165, 1.54) is 50.2 Å². The van der Waals surface area contributed by atoms with Gasteiger partial charge in [-0.3, -0.25) is 9.59 Å². The van der Waals surface area contributed by atoms with Crippen molar-refractivity contribution >= 4 is 46.8 Å². The second-order valence-electron chi connectivity index (χ2n) is 8.71. The smallest absolute Gasteiger partial charge is 0.422 e. The van der Waals surface area contributed by atoms with Crippen LogP contribution in [0.1, 0.15) is 47.8 Å². The summed E-state index contributed by atoms with van der Waals surface area (Å²) < 4.78 is 29.0. The number of carbonyl (C=O) groups is 4. The average Bonchev–Trinajstić information content (AvgIpc) is 2.85. The zero-order valence-corrected chi connectivity index (χ0v) is 22.7. The van der Waals surface area contributed by atoms with E-state index in [1.54, 1.807) is 19.1 Å². The predicted octanol–water partition coefficient (Wildman–Crippen LogP) is 6.44. The number of halogens is 2. The molecule has 8 nitrogen and oxygen atoms in total. The van der Waals surface area contributed by atoms with E-state index >= 15 is 0 Å². The lowest BCUT2D eigenvalue weighted by Gasteiger charge is -2.26. The first-order chi connectivity index (χ1) is 18.4. The molecule has 3 rings (SSSR count). The number of hydrogen-bond donors (Lipinski definition) is 0. The third kappa shape index (κ3) is 7.20. The number of benzene rings is 3. The number of carbonyl (C=O) groups excluding carboxylic acids is 4. The van der Waals surface area contributed by atoms with Crippen LogP contribution >= 0.6 is 11.6 Å². The van der Waals surface area contributed by atoms with Crippen LogP contribution in [0.25, 0.3) is 0 Å². The van der Waals surface area contributed by atoms with Crippen molar-refractivity contribution in [3.63, 3.8) is 0 Å². The quantitative estimate of drug-likeness (QED) is 0.179. The lowest BCUT2D eigenvalue weighted by molar-refractivity contribution is -0.180. The highest BCUT2D eigenvalue weighted by atomic mass is 35.5. The van der Waals surface area contributed by atoms with Crippen molar-refractivity contribution in [1.29, 1.82) is 0 Å². The van der Waals surface area contributed by atoms with Gasteiger partial charge in [-0.05, 0) is 68.3 Å². The van der Waals surface area contributed by atoms with Gasteiger partial charge in [-0.25, -0.2) is 18.9 Å². The van der Waals surface area contributed by atoms with Gasteiger partial charge in [-0.15, -0.1) is 0 Å². The molecule has 2 unspecified atom stereocenters. The molecule has 0 aromatic heterocycles. The van der Waals surface area contributed by atoms with Crippen LogP contribution in [0.4, 0.5) is 20.6 Å². The molecular formula is C29H27ClFNO7. The van der Waals surface area contributed by atoms with Crippen LogP contribution in [0.2, 0.25) is 5.02 Å². The normalized spacial score (nSPS) is 12.2. The van der Waals surface area contributed by atoms with Gasteiger partial charge >= 0.3 is 18.0 Å². The Morgan fingerprint density at radius 2 is 1.54 bits per heavy atom. The van der Waals surface area contributed by atoms with Crippen molar-refractivity contribution in [2.75, 3.05) is 4.90 Å². The Kier molecular flexibility index (Phi) is 9.42. The van der Waals surface area contributed by atoms with Crippen LogP contribution in [0.5, 0.6) is 0 Å². The molecule has 0 aliphatic heterocycles. The zero-order chi connectivity index (χ0) is 28.9. The van der Waals surface area contributed by atoms with E-state index in [9.17, 15) is 23.6 Å². The summed E-state index contributed by atoms with van der Waals surface area (Å²) in [6.07, 6.45) is -3.56. The molecule has 1 amide bonds. The number of hydrogen-bond acceptors (Lipinski definition) is 7. The van der Waals surface area contributed by atoms with Crippen LogP contribution in [0.15, 0.2) is 60.7 Å². The van der Waals surface area contributed by atoms with Crippen LogP contribution in [0.3, 0.4) is 0 Å². The van der Waals surface area contributed by atoms with Gasteiger partial charge in [-0.2, -0.15) is 0 Å². The maximum Gasteiger partial charge on any atom is 0.422 e. The third-order valence-corrected chi connectivity index (χ3v) is 5.96. The molecule has 204 valence electrons. The Hall–Kier alpha value is -4.24. The van der Waals surface area contributed by atoms with Crippen molar-refractivity contribution in [3.05, 3.63) is 93.8 Å². The highest BCUT2D eigenvalue weighted by Gasteiger charge is 2.28. The summed E-state index contributed by atoms with van der Waals surface area (Å²) in [5, 5.41) is 0.0769. The number of esters is 2. The molecule has 39 heavy (non-hydrogen) atoms. The number of rotatable bonds is 8. The third-order valence-electron chi connectivity index (χ3n) is 5.65. The van der Waals surface area contributed by atoms with Crippen molar-refractivity contribution in [2.24, 2.45) is 0 Å². The summed E-state index contributed by atoms with van der Waals surface area (Å²) in [7, 11) is 0. The molecule has 0 bridgehead atoms. The molecule has 0 saturated heterocycles. The van der Waals surface area contributed by atoms with Gasteiger partial charge in [0.15, 0.2) is 11.9 Å². The maximum atomic E-state index is 13.8. The first kappa shape index (κ1) is 29.3. The number of ether oxygens (including phenoxy) is 3. The van der Waals surface area contributed by atoms with Gasteiger partial charge in [0.05, 0.1) is 16.4 Å². The van der Waals surface area contributed by atoms with E-state index in [4.69, 9.17) is 25.8 Å². The topological polar surface area (TPSA) is 99.2 Å². The standard InChI is InChI=1S/C29H27ClFNO7/c1-16-8-6-7-9-23(16)27(34)24-12-11-22(15-25(24)30)32(26-13-10-21(31)14-17(26)2)29(36)39-20(5)38-28(35)18(3)37-19(4)33/h6-15,18,20H,1-5H3. The molecule has 0 N–H and O–H groups in total. The number of nitrogens with zero attached hydrogens (tertiary/aromatic N) is 1.